The van der Waals surface area contributed by atoms with E-state index in [0.29, 0.717) is 6.04 Å². The Morgan fingerprint density at radius 2 is 1.94 bits per heavy atom. The zero-order valence-corrected chi connectivity index (χ0v) is 11.5. The molecule has 18 heavy (non-hydrogen) atoms. The van der Waals surface area contributed by atoms with Crippen molar-refractivity contribution < 1.29 is 0 Å². The second-order valence-corrected chi connectivity index (χ2v) is 6.02. The van der Waals surface area contributed by atoms with Crippen LogP contribution in [-0.2, 0) is 0 Å². The summed E-state index contributed by atoms with van der Waals surface area (Å²) in [7, 11) is 0. The fourth-order valence-electron chi connectivity index (χ4n) is 3.30. The van der Waals surface area contributed by atoms with Gasteiger partial charge in [-0.25, -0.2) is 0 Å². The molecule has 1 N–H and O–H groups in total. The van der Waals surface area contributed by atoms with Gasteiger partial charge in [0.15, 0.2) is 0 Å². The quantitative estimate of drug-likeness (QED) is 0.808. The molecule has 1 aromatic rings. The standard InChI is InChI=1S/C17H25N/c1-2-18-17(14-8-4-9-14)16-11-5-10-15(12-16)13-6-3-7-13/h5,10-14,17-18H,2-4,6-9H2,1H3. The second-order valence-electron chi connectivity index (χ2n) is 6.02. The van der Waals surface area contributed by atoms with Crippen LogP contribution in [0.25, 0.3) is 0 Å². The average molecular weight is 243 g/mol. The maximum absolute atomic E-state index is 3.70. The lowest BCUT2D eigenvalue weighted by Crippen LogP contribution is -2.32. The van der Waals surface area contributed by atoms with Crippen LogP contribution in [0.1, 0.15) is 68.5 Å². The van der Waals surface area contributed by atoms with Gasteiger partial charge in [0.25, 0.3) is 0 Å². The van der Waals surface area contributed by atoms with Crippen molar-refractivity contribution in [3.8, 4) is 0 Å². The second kappa shape index (κ2) is 5.44. The third-order valence-corrected chi connectivity index (χ3v) is 4.89. The Kier molecular flexibility index (Phi) is 3.69. The largest absolute Gasteiger partial charge is 0.310 e. The minimum Gasteiger partial charge on any atom is -0.310 e. The number of rotatable bonds is 5. The molecule has 1 nitrogen and oxygen atoms in total. The fraction of sp³-hybridized carbons (Fsp3) is 0.647. The minimum absolute atomic E-state index is 0.601. The number of hydrogen-bond acceptors (Lipinski definition) is 1. The fourth-order valence-corrected chi connectivity index (χ4v) is 3.30. The van der Waals surface area contributed by atoms with Crippen LogP contribution in [0.15, 0.2) is 24.3 Å². The third-order valence-electron chi connectivity index (χ3n) is 4.89. The summed E-state index contributed by atoms with van der Waals surface area (Å²) in [5.41, 5.74) is 3.12. The molecule has 1 heteroatoms. The molecule has 2 aliphatic carbocycles. The molecule has 0 spiro atoms. The molecule has 2 fully saturated rings. The lowest BCUT2D eigenvalue weighted by molar-refractivity contribution is 0.233. The number of benzene rings is 1. The van der Waals surface area contributed by atoms with Gasteiger partial charge < -0.3 is 5.32 Å². The van der Waals surface area contributed by atoms with E-state index in [0.717, 1.165) is 18.4 Å². The lowest BCUT2D eigenvalue weighted by atomic mass is 9.75. The van der Waals surface area contributed by atoms with E-state index in [1.54, 1.807) is 5.56 Å². The van der Waals surface area contributed by atoms with Crippen molar-refractivity contribution in [2.24, 2.45) is 5.92 Å². The summed E-state index contributed by atoms with van der Waals surface area (Å²) in [4.78, 5) is 0. The van der Waals surface area contributed by atoms with Gasteiger partial charge in [0, 0.05) is 6.04 Å². The van der Waals surface area contributed by atoms with Gasteiger partial charge in [0.05, 0.1) is 0 Å². The van der Waals surface area contributed by atoms with E-state index >= 15 is 0 Å². The summed E-state index contributed by atoms with van der Waals surface area (Å²) >= 11 is 0. The first-order valence-electron chi connectivity index (χ1n) is 7.71. The van der Waals surface area contributed by atoms with Crippen molar-refractivity contribution in [3.05, 3.63) is 35.4 Å². The average Bonchev–Trinajstić information content (AvgIpc) is 2.24. The van der Waals surface area contributed by atoms with Gasteiger partial charge in [-0.15, -0.1) is 0 Å². The molecule has 0 bridgehead atoms. The Morgan fingerprint density at radius 3 is 2.50 bits per heavy atom. The predicted molar refractivity (Wildman–Crippen MR) is 76.8 cm³/mol. The van der Waals surface area contributed by atoms with Gasteiger partial charge in [0.2, 0.25) is 0 Å². The summed E-state index contributed by atoms with van der Waals surface area (Å²) in [6.45, 7) is 3.30. The maximum atomic E-state index is 3.70. The first kappa shape index (κ1) is 12.2. The van der Waals surface area contributed by atoms with E-state index in [2.05, 4.69) is 36.5 Å². The molecular weight excluding hydrogens is 218 g/mol. The van der Waals surface area contributed by atoms with Crippen LogP contribution < -0.4 is 5.32 Å². The van der Waals surface area contributed by atoms with E-state index in [1.807, 2.05) is 0 Å². The molecule has 0 amide bonds. The van der Waals surface area contributed by atoms with Crippen LogP contribution in [-0.4, -0.2) is 6.54 Å². The zero-order valence-electron chi connectivity index (χ0n) is 11.5. The Bertz CT molecular complexity index is 390. The smallest absolute Gasteiger partial charge is 0.0348 e. The van der Waals surface area contributed by atoms with E-state index in [9.17, 15) is 0 Å². The molecule has 2 aliphatic rings. The van der Waals surface area contributed by atoms with Gasteiger partial charge in [-0.3, -0.25) is 0 Å². The van der Waals surface area contributed by atoms with Crippen molar-refractivity contribution in [2.75, 3.05) is 6.54 Å². The number of hydrogen-bond donors (Lipinski definition) is 1. The van der Waals surface area contributed by atoms with Crippen molar-refractivity contribution >= 4 is 0 Å². The Balaban J connectivity index is 1.79. The molecule has 1 aromatic carbocycles. The maximum Gasteiger partial charge on any atom is 0.0348 e. The van der Waals surface area contributed by atoms with Gasteiger partial charge in [-0.2, -0.15) is 0 Å². The highest BCUT2D eigenvalue weighted by atomic mass is 14.9. The minimum atomic E-state index is 0.601. The van der Waals surface area contributed by atoms with Gasteiger partial charge in [-0.05, 0) is 55.2 Å². The van der Waals surface area contributed by atoms with Crippen molar-refractivity contribution in [1.29, 1.82) is 0 Å². The molecule has 98 valence electrons. The van der Waals surface area contributed by atoms with Gasteiger partial charge in [0.1, 0.15) is 0 Å². The van der Waals surface area contributed by atoms with Crippen LogP contribution in [0.5, 0.6) is 0 Å². The van der Waals surface area contributed by atoms with Crippen molar-refractivity contribution in [1.82, 2.24) is 5.32 Å². The highest BCUT2D eigenvalue weighted by Gasteiger charge is 2.28. The van der Waals surface area contributed by atoms with E-state index in [4.69, 9.17) is 0 Å². The van der Waals surface area contributed by atoms with Crippen LogP contribution in [0.3, 0.4) is 0 Å². The molecule has 1 unspecified atom stereocenters. The summed E-state index contributed by atoms with van der Waals surface area (Å²) < 4.78 is 0. The predicted octanol–water partition coefficient (Wildman–Crippen LogP) is 4.40. The molecule has 0 aromatic heterocycles. The normalized spacial score (nSPS) is 22.3. The van der Waals surface area contributed by atoms with E-state index in [-0.39, 0.29) is 0 Å². The molecule has 2 saturated carbocycles. The van der Waals surface area contributed by atoms with Crippen LogP contribution in [0, 0.1) is 5.92 Å². The summed E-state index contributed by atoms with van der Waals surface area (Å²) in [5.74, 6) is 1.73. The third kappa shape index (κ3) is 2.33. The monoisotopic (exact) mass is 243 g/mol. The highest BCUT2D eigenvalue weighted by Crippen LogP contribution is 2.40. The molecule has 1 atom stereocenters. The van der Waals surface area contributed by atoms with Crippen LogP contribution >= 0.6 is 0 Å². The number of nitrogens with one attached hydrogen (secondary N) is 1. The molecule has 0 heterocycles. The first-order chi connectivity index (χ1) is 8.88. The molecular formula is C17H25N. The Labute approximate surface area is 111 Å². The Morgan fingerprint density at radius 1 is 1.17 bits per heavy atom. The van der Waals surface area contributed by atoms with E-state index in [1.165, 1.54) is 44.1 Å². The van der Waals surface area contributed by atoms with Gasteiger partial charge in [-0.1, -0.05) is 44.0 Å². The Hall–Kier alpha value is -0.820. The van der Waals surface area contributed by atoms with Gasteiger partial charge >= 0.3 is 0 Å². The molecule has 0 aliphatic heterocycles. The van der Waals surface area contributed by atoms with Crippen molar-refractivity contribution in [2.45, 2.75) is 57.4 Å². The summed E-state index contributed by atoms with van der Waals surface area (Å²) in [6.07, 6.45) is 8.47. The summed E-state index contributed by atoms with van der Waals surface area (Å²) in [6, 6.07) is 10.0. The van der Waals surface area contributed by atoms with E-state index < -0.39 is 0 Å². The lowest BCUT2D eigenvalue weighted by Gasteiger charge is -2.35. The molecule has 0 saturated heterocycles. The van der Waals surface area contributed by atoms with Crippen molar-refractivity contribution in [3.63, 3.8) is 0 Å². The topological polar surface area (TPSA) is 12.0 Å². The molecule has 3 rings (SSSR count). The zero-order chi connectivity index (χ0) is 12.4. The molecule has 0 radical (unpaired) electrons. The highest BCUT2D eigenvalue weighted by molar-refractivity contribution is 5.30. The van der Waals surface area contributed by atoms with Crippen LogP contribution in [0.2, 0.25) is 0 Å². The first-order valence-corrected chi connectivity index (χ1v) is 7.71. The SMILES string of the molecule is CCNC(c1cccc(C2CCC2)c1)C1CCC1. The summed E-state index contributed by atoms with van der Waals surface area (Å²) in [5, 5.41) is 3.70. The van der Waals surface area contributed by atoms with Crippen LogP contribution in [0.4, 0.5) is 0 Å².